The molecule has 0 aromatic heterocycles. The molecule has 1 saturated heterocycles. The number of carbonyl (C=O) groups is 3. The molecule has 26 heavy (non-hydrogen) atoms. The van der Waals surface area contributed by atoms with Gasteiger partial charge in [-0.05, 0) is 37.5 Å². The van der Waals surface area contributed by atoms with E-state index in [9.17, 15) is 23.2 Å². The Balaban J connectivity index is 1.54. The summed E-state index contributed by atoms with van der Waals surface area (Å²) in [4.78, 5) is 37.8. The fourth-order valence-corrected chi connectivity index (χ4v) is 3.59. The summed E-state index contributed by atoms with van der Waals surface area (Å²) < 4.78 is 26.3. The molecule has 2 aliphatic rings. The number of nitrogens with one attached hydrogen (secondary N) is 2. The van der Waals surface area contributed by atoms with Crippen molar-refractivity contribution >= 4 is 17.8 Å². The zero-order chi connectivity index (χ0) is 18.9. The van der Waals surface area contributed by atoms with Gasteiger partial charge in [-0.3, -0.25) is 14.5 Å². The molecule has 2 N–H and O–H groups in total. The molecule has 0 radical (unpaired) electrons. The van der Waals surface area contributed by atoms with Crippen LogP contribution in [0.25, 0.3) is 0 Å². The molecule has 2 fully saturated rings. The van der Waals surface area contributed by atoms with Gasteiger partial charge >= 0.3 is 6.03 Å². The molecule has 1 atom stereocenters. The summed E-state index contributed by atoms with van der Waals surface area (Å²) in [6.07, 6.45) is 3.00. The minimum absolute atomic E-state index is 0.0112. The molecular formula is C18H21F2N3O3. The number of nitrogens with zero attached hydrogens (tertiary/aromatic N) is 1. The zero-order valence-electron chi connectivity index (χ0n) is 14.5. The van der Waals surface area contributed by atoms with Crippen molar-refractivity contribution in [2.45, 2.75) is 50.6 Å². The van der Waals surface area contributed by atoms with Gasteiger partial charge in [-0.2, -0.15) is 0 Å². The lowest BCUT2D eigenvalue weighted by molar-refractivity contribution is -0.131. The molecule has 1 heterocycles. The van der Waals surface area contributed by atoms with Gasteiger partial charge in [0.1, 0.15) is 5.54 Å². The van der Waals surface area contributed by atoms with E-state index in [1.807, 2.05) is 0 Å². The van der Waals surface area contributed by atoms with E-state index in [0.29, 0.717) is 18.4 Å². The van der Waals surface area contributed by atoms with Crippen LogP contribution < -0.4 is 10.6 Å². The first kappa shape index (κ1) is 18.3. The van der Waals surface area contributed by atoms with Crippen LogP contribution in [-0.4, -0.2) is 34.8 Å². The first-order valence-corrected chi connectivity index (χ1v) is 8.71. The van der Waals surface area contributed by atoms with Gasteiger partial charge in [0.2, 0.25) is 5.91 Å². The van der Waals surface area contributed by atoms with Crippen molar-refractivity contribution in [3.05, 3.63) is 35.4 Å². The minimum Gasteiger partial charge on any atom is -0.350 e. The molecule has 0 bridgehead atoms. The number of benzene rings is 1. The number of hydrogen-bond donors (Lipinski definition) is 2. The Bertz CT molecular complexity index is 747. The summed E-state index contributed by atoms with van der Waals surface area (Å²) >= 11 is 0. The molecule has 6 nitrogen and oxygen atoms in total. The summed E-state index contributed by atoms with van der Waals surface area (Å²) in [6, 6.07) is 2.44. The van der Waals surface area contributed by atoms with E-state index < -0.39 is 29.2 Å². The summed E-state index contributed by atoms with van der Waals surface area (Å²) in [5.74, 6) is -2.58. The van der Waals surface area contributed by atoms with Crippen molar-refractivity contribution in [2.75, 3.05) is 6.54 Å². The number of halogens is 2. The average molecular weight is 365 g/mol. The second-order valence-electron chi connectivity index (χ2n) is 6.89. The summed E-state index contributed by atoms with van der Waals surface area (Å²) in [7, 11) is 0. The fraction of sp³-hybridized carbons (Fsp3) is 0.500. The Kier molecular flexibility index (Phi) is 4.93. The zero-order valence-corrected chi connectivity index (χ0v) is 14.5. The third kappa shape index (κ3) is 3.40. The van der Waals surface area contributed by atoms with Gasteiger partial charge in [-0.1, -0.05) is 18.9 Å². The Morgan fingerprint density at radius 2 is 1.96 bits per heavy atom. The van der Waals surface area contributed by atoms with Gasteiger partial charge in [0, 0.05) is 13.0 Å². The molecule has 1 aromatic carbocycles. The molecule has 1 aromatic rings. The summed E-state index contributed by atoms with van der Waals surface area (Å²) in [5, 5.41) is 5.42. The van der Waals surface area contributed by atoms with Crippen LogP contribution in [0, 0.1) is 11.6 Å². The lowest BCUT2D eigenvalue weighted by atomic mass is 9.98. The molecule has 3 rings (SSSR count). The Hall–Kier alpha value is -2.51. The van der Waals surface area contributed by atoms with E-state index in [1.54, 1.807) is 6.92 Å². The van der Waals surface area contributed by atoms with E-state index in [2.05, 4.69) is 10.6 Å². The predicted octanol–water partition coefficient (Wildman–Crippen LogP) is 2.40. The molecule has 140 valence electrons. The Morgan fingerprint density at radius 1 is 1.27 bits per heavy atom. The van der Waals surface area contributed by atoms with Gasteiger partial charge in [-0.15, -0.1) is 0 Å². The highest BCUT2D eigenvalue weighted by atomic mass is 19.2. The van der Waals surface area contributed by atoms with E-state index in [-0.39, 0.29) is 24.8 Å². The standard InChI is InChI=1S/C18H21F2N3O3/c1-11(12-4-5-13(19)14(20)10-12)21-15(24)6-9-23-16(25)18(22-17(23)26)7-2-3-8-18/h4-5,10-11H,2-3,6-9H2,1H3,(H,21,24)(H,22,26)/t11-/m0/s1. The van der Waals surface area contributed by atoms with Crippen LogP contribution in [0.4, 0.5) is 13.6 Å². The van der Waals surface area contributed by atoms with E-state index in [0.717, 1.165) is 29.9 Å². The van der Waals surface area contributed by atoms with Gasteiger partial charge in [-0.25, -0.2) is 13.6 Å². The number of rotatable bonds is 5. The highest BCUT2D eigenvalue weighted by Gasteiger charge is 2.52. The van der Waals surface area contributed by atoms with Crippen LogP contribution in [0.2, 0.25) is 0 Å². The van der Waals surface area contributed by atoms with E-state index >= 15 is 0 Å². The monoisotopic (exact) mass is 365 g/mol. The predicted molar refractivity (Wildman–Crippen MR) is 89.0 cm³/mol. The number of hydrogen-bond acceptors (Lipinski definition) is 3. The third-order valence-electron chi connectivity index (χ3n) is 5.09. The molecule has 1 aliphatic carbocycles. The maximum Gasteiger partial charge on any atom is 0.325 e. The lowest BCUT2D eigenvalue weighted by Crippen LogP contribution is -2.44. The normalized spacial score (nSPS) is 19.7. The van der Waals surface area contributed by atoms with Crippen molar-refractivity contribution in [3.8, 4) is 0 Å². The van der Waals surface area contributed by atoms with Crippen LogP contribution >= 0.6 is 0 Å². The highest BCUT2D eigenvalue weighted by Crippen LogP contribution is 2.35. The first-order valence-electron chi connectivity index (χ1n) is 8.71. The molecule has 1 aliphatic heterocycles. The average Bonchev–Trinajstić information content (AvgIpc) is 3.14. The molecule has 8 heteroatoms. The second-order valence-corrected chi connectivity index (χ2v) is 6.89. The van der Waals surface area contributed by atoms with E-state index in [4.69, 9.17) is 0 Å². The largest absolute Gasteiger partial charge is 0.350 e. The maximum atomic E-state index is 13.3. The summed E-state index contributed by atoms with van der Waals surface area (Å²) in [6.45, 7) is 1.63. The number of amides is 4. The SMILES string of the molecule is C[C@H](NC(=O)CCN1C(=O)NC2(CCCC2)C1=O)c1ccc(F)c(F)c1. The third-order valence-corrected chi connectivity index (χ3v) is 5.09. The quantitative estimate of drug-likeness (QED) is 0.787. The molecule has 4 amide bonds. The van der Waals surface area contributed by atoms with Gasteiger partial charge in [0.05, 0.1) is 6.04 Å². The van der Waals surface area contributed by atoms with Crippen LogP contribution in [0.15, 0.2) is 18.2 Å². The Labute approximate surface area is 149 Å². The van der Waals surface area contributed by atoms with Crippen LogP contribution in [0.3, 0.4) is 0 Å². The summed E-state index contributed by atoms with van der Waals surface area (Å²) in [5.41, 5.74) is -0.357. The maximum absolute atomic E-state index is 13.3. The second kappa shape index (κ2) is 7.01. The van der Waals surface area contributed by atoms with Gasteiger partial charge < -0.3 is 10.6 Å². The lowest BCUT2D eigenvalue weighted by Gasteiger charge is -2.20. The highest BCUT2D eigenvalue weighted by molar-refractivity contribution is 6.07. The fourth-order valence-electron chi connectivity index (χ4n) is 3.59. The van der Waals surface area contributed by atoms with Gasteiger partial charge in [0.25, 0.3) is 5.91 Å². The van der Waals surface area contributed by atoms with Crippen molar-refractivity contribution in [1.29, 1.82) is 0 Å². The molecule has 1 saturated carbocycles. The Morgan fingerprint density at radius 3 is 2.62 bits per heavy atom. The van der Waals surface area contributed by atoms with Crippen molar-refractivity contribution < 1.29 is 23.2 Å². The van der Waals surface area contributed by atoms with Crippen molar-refractivity contribution in [2.24, 2.45) is 0 Å². The topological polar surface area (TPSA) is 78.5 Å². The van der Waals surface area contributed by atoms with Crippen molar-refractivity contribution in [1.82, 2.24) is 15.5 Å². The number of imide groups is 1. The molecular weight excluding hydrogens is 344 g/mol. The van der Waals surface area contributed by atoms with E-state index in [1.165, 1.54) is 6.07 Å². The smallest absolute Gasteiger partial charge is 0.325 e. The van der Waals surface area contributed by atoms with Gasteiger partial charge in [0.15, 0.2) is 11.6 Å². The number of carbonyl (C=O) groups excluding carboxylic acids is 3. The minimum atomic E-state index is -0.982. The van der Waals surface area contributed by atoms with Crippen LogP contribution in [0.5, 0.6) is 0 Å². The molecule has 0 unspecified atom stereocenters. The van der Waals surface area contributed by atoms with Crippen molar-refractivity contribution in [3.63, 3.8) is 0 Å². The molecule has 1 spiro atoms. The van der Waals surface area contributed by atoms with Crippen LogP contribution in [0.1, 0.15) is 50.6 Å². The first-order chi connectivity index (χ1) is 12.3. The number of urea groups is 1. The van der Waals surface area contributed by atoms with Crippen LogP contribution in [-0.2, 0) is 9.59 Å².